The molecule has 1 fully saturated rings. The van der Waals surface area contributed by atoms with Crippen LogP contribution in [0.15, 0.2) is 59.7 Å². The molecule has 0 bridgehead atoms. The first-order chi connectivity index (χ1) is 19.9. The molecule has 1 aliphatic carbocycles. The Morgan fingerprint density at radius 2 is 1.62 bits per heavy atom. The van der Waals surface area contributed by atoms with Gasteiger partial charge in [-0.2, -0.15) is 18.3 Å². The fourth-order valence-electron chi connectivity index (χ4n) is 4.78. The van der Waals surface area contributed by atoms with E-state index in [9.17, 15) is 35.5 Å². The minimum Gasteiger partial charge on any atom is -0.267 e. The summed E-state index contributed by atoms with van der Waals surface area (Å²) in [6, 6.07) is 8.35. The Kier molecular flexibility index (Phi) is 9.69. The minimum atomic E-state index is -4.66. The van der Waals surface area contributed by atoms with Crippen molar-refractivity contribution in [3.05, 3.63) is 105 Å². The second-order valence-electron chi connectivity index (χ2n) is 9.83. The van der Waals surface area contributed by atoms with E-state index in [0.717, 1.165) is 55.1 Å². The van der Waals surface area contributed by atoms with Crippen molar-refractivity contribution in [3.63, 3.8) is 0 Å². The van der Waals surface area contributed by atoms with Crippen molar-refractivity contribution in [2.45, 2.75) is 64.1 Å². The summed E-state index contributed by atoms with van der Waals surface area (Å²) in [5.41, 5.74) is -0.679. The highest BCUT2D eigenvalue weighted by atomic mass is 19.4. The molecule has 0 aliphatic heterocycles. The van der Waals surface area contributed by atoms with Crippen LogP contribution in [-0.2, 0) is 12.7 Å². The average molecular weight is 594 g/mol. The van der Waals surface area contributed by atoms with Gasteiger partial charge >= 0.3 is 6.18 Å². The largest absolute Gasteiger partial charge is 0.418 e. The van der Waals surface area contributed by atoms with E-state index in [1.54, 1.807) is 6.92 Å². The van der Waals surface area contributed by atoms with Crippen molar-refractivity contribution in [2.75, 3.05) is 0 Å². The molecule has 0 atom stereocenters. The molecule has 3 heterocycles. The van der Waals surface area contributed by atoms with E-state index in [4.69, 9.17) is 0 Å². The SMILES string of the molecule is Cc1cc(F)cc(F)c1.O=c1c(C2CCCCC2)cc(-c2ccnc(C(F)F)n2)nn1Cc1ncccc1C(F)(F)F. The Labute approximate surface area is 236 Å². The zero-order valence-corrected chi connectivity index (χ0v) is 22.4. The molecule has 42 heavy (non-hydrogen) atoms. The molecule has 0 radical (unpaired) electrons. The molecule has 13 heteroatoms. The summed E-state index contributed by atoms with van der Waals surface area (Å²) < 4.78 is 91.9. The van der Waals surface area contributed by atoms with Gasteiger partial charge in [0.25, 0.3) is 12.0 Å². The lowest BCUT2D eigenvalue weighted by atomic mass is 9.84. The smallest absolute Gasteiger partial charge is 0.267 e. The molecule has 4 aromatic rings. The fourth-order valence-corrected chi connectivity index (χ4v) is 4.78. The molecule has 3 aromatic heterocycles. The Morgan fingerprint density at radius 1 is 0.929 bits per heavy atom. The van der Waals surface area contributed by atoms with Crippen LogP contribution in [0.25, 0.3) is 11.4 Å². The summed E-state index contributed by atoms with van der Waals surface area (Å²) in [5.74, 6) is -1.84. The Balaban J connectivity index is 0.000000385. The Morgan fingerprint density at radius 3 is 2.24 bits per heavy atom. The third-order valence-corrected chi connectivity index (χ3v) is 6.68. The van der Waals surface area contributed by atoms with Crippen molar-refractivity contribution in [3.8, 4) is 11.4 Å². The van der Waals surface area contributed by atoms with Crippen LogP contribution in [0.1, 0.15) is 72.7 Å². The van der Waals surface area contributed by atoms with Crippen molar-refractivity contribution in [1.82, 2.24) is 24.7 Å². The lowest BCUT2D eigenvalue weighted by Crippen LogP contribution is -2.30. The molecule has 0 spiro atoms. The maximum absolute atomic E-state index is 13.5. The maximum atomic E-state index is 13.5. The van der Waals surface area contributed by atoms with E-state index in [0.29, 0.717) is 11.1 Å². The molecule has 222 valence electrons. The first-order valence-electron chi connectivity index (χ1n) is 13.1. The number of rotatable bonds is 5. The van der Waals surface area contributed by atoms with E-state index in [1.165, 1.54) is 36.5 Å². The summed E-state index contributed by atoms with van der Waals surface area (Å²) >= 11 is 0. The molecule has 6 nitrogen and oxygen atoms in total. The van der Waals surface area contributed by atoms with Crippen molar-refractivity contribution in [1.29, 1.82) is 0 Å². The zero-order valence-electron chi connectivity index (χ0n) is 22.4. The minimum absolute atomic E-state index is 0.0585. The topological polar surface area (TPSA) is 73.6 Å². The number of nitrogens with zero attached hydrogens (tertiary/aromatic N) is 5. The molecule has 1 aliphatic rings. The maximum Gasteiger partial charge on any atom is 0.418 e. The van der Waals surface area contributed by atoms with Gasteiger partial charge < -0.3 is 0 Å². The van der Waals surface area contributed by atoms with Crippen LogP contribution in [0.2, 0.25) is 0 Å². The van der Waals surface area contributed by atoms with Crippen molar-refractivity contribution < 1.29 is 30.7 Å². The molecule has 5 rings (SSSR count). The molecule has 1 saturated carbocycles. The van der Waals surface area contributed by atoms with Crippen LogP contribution in [-0.4, -0.2) is 24.7 Å². The van der Waals surface area contributed by atoms with Crippen LogP contribution < -0.4 is 5.56 Å². The summed E-state index contributed by atoms with van der Waals surface area (Å²) in [7, 11) is 0. The number of pyridine rings is 1. The highest BCUT2D eigenvalue weighted by Crippen LogP contribution is 2.33. The molecule has 1 aromatic carbocycles. The normalized spacial score (nSPS) is 14.0. The van der Waals surface area contributed by atoms with Crippen LogP contribution in [0.3, 0.4) is 0 Å². The first-order valence-corrected chi connectivity index (χ1v) is 13.1. The zero-order chi connectivity index (χ0) is 30.4. The van der Waals surface area contributed by atoms with Crippen molar-refractivity contribution in [2.24, 2.45) is 0 Å². The van der Waals surface area contributed by atoms with E-state index < -0.39 is 47.7 Å². The molecule has 0 N–H and O–H groups in total. The van der Waals surface area contributed by atoms with Crippen LogP contribution in [0.4, 0.5) is 30.7 Å². The van der Waals surface area contributed by atoms with Gasteiger partial charge in [-0.25, -0.2) is 32.2 Å². The second kappa shape index (κ2) is 13.2. The quantitative estimate of drug-likeness (QED) is 0.225. The van der Waals surface area contributed by atoms with Gasteiger partial charge in [-0.05, 0) is 67.6 Å². The third kappa shape index (κ3) is 7.77. The number of halogens is 7. The number of alkyl halides is 5. The number of aromatic nitrogens is 5. The molecule has 0 saturated heterocycles. The predicted molar refractivity (Wildman–Crippen MR) is 140 cm³/mol. The highest BCUT2D eigenvalue weighted by Gasteiger charge is 2.34. The fraction of sp³-hybridized carbons (Fsp3) is 0.345. The second-order valence-corrected chi connectivity index (χ2v) is 9.83. The molecule has 0 amide bonds. The Bertz CT molecular complexity index is 1530. The summed E-state index contributed by atoms with van der Waals surface area (Å²) in [4.78, 5) is 24.4. The highest BCUT2D eigenvalue weighted by molar-refractivity contribution is 5.54. The van der Waals surface area contributed by atoms with E-state index in [1.807, 2.05) is 0 Å². The van der Waals surface area contributed by atoms with Crippen LogP contribution in [0, 0.1) is 18.6 Å². The van der Waals surface area contributed by atoms with E-state index in [-0.39, 0.29) is 23.0 Å². The van der Waals surface area contributed by atoms with Crippen LogP contribution in [0.5, 0.6) is 0 Å². The third-order valence-electron chi connectivity index (χ3n) is 6.68. The van der Waals surface area contributed by atoms with Gasteiger partial charge in [0, 0.05) is 24.0 Å². The molecular formula is C29H26F7N5O. The summed E-state index contributed by atoms with van der Waals surface area (Å²) in [5, 5.41) is 4.18. The van der Waals surface area contributed by atoms with Gasteiger partial charge in [0.2, 0.25) is 0 Å². The van der Waals surface area contributed by atoms with Crippen molar-refractivity contribution >= 4 is 0 Å². The first kappa shape index (κ1) is 30.8. The van der Waals surface area contributed by atoms with Gasteiger partial charge in [-0.3, -0.25) is 9.78 Å². The molecular weight excluding hydrogens is 567 g/mol. The van der Waals surface area contributed by atoms with E-state index in [2.05, 4.69) is 20.1 Å². The number of aryl methyl sites for hydroxylation is 1. The van der Waals surface area contributed by atoms with Gasteiger partial charge in [-0.15, -0.1) is 0 Å². The predicted octanol–water partition coefficient (Wildman–Crippen LogP) is 7.42. The van der Waals surface area contributed by atoms with Gasteiger partial charge in [-0.1, -0.05) is 19.3 Å². The number of hydrogen-bond acceptors (Lipinski definition) is 5. The average Bonchev–Trinajstić information content (AvgIpc) is 2.94. The monoisotopic (exact) mass is 593 g/mol. The lowest BCUT2D eigenvalue weighted by Gasteiger charge is -2.22. The number of hydrogen-bond donors (Lipinski definition) is 0. The van der Waals surface area contributed by atoms with Gasteiger partial charge in [0.05, 0.1) is 23.5 Å². The van der Waals surface area contributed by atoms with E-state index >= 15 is 0 Å². The number of benzene rings is 1. The summed E-state index contributed by atoms with van der Waals surface area (Å²) in [6.45, 7) is 1.13. The molecule has 0 unspecified atom stereocenters. The summed E-state index contributed by atoms with van der Waals surface area (Å²) in [6.07, 6.45) is -0.818. The Hall–Kier alpha value is -4.16. The standard InChI is InChI=1S/C22H20F5N5O.C7H6F2/c23-19(24)20-29-10-8-16(30-20)17-11-14(13-5-2-1-3-6-13)21(33)32(31-17)12-18-15(22(25,26)27)7-4-9-28-18;1-5-2-6(8)4-7(9)3-5/h4,7-11,13,19H,1-3,5-6,12H2;2-4H,1H3. The van der Waals surface area contributed by atoms with Gasteiger partial charge in [0.15, 0.2) is 5.82 Å². The van der Waals surface area contributed by atoms with Crippen LogP contribution >= 0.6 is 0 Å². The lowest BCUT2D eigenvalue weighted by molar-refractivity contribution is -0.138. The van der Waals surface area contributed by atoms with Gasteiger partial charge in [0.1, 0.15) is 17.3 Å².